The zero-order valence-corrected chi connectivity index (χ0v) is 16.0. The van der Waals surface area contributed by atoms with Gasteiger partial charge in [-0.25, -0.2) is 4.98 Å². The van der Waals surface area contributed by atoms with Crippen LogP contribution in [0, 0.1) is 0 Å². The molecule has 0 radical (unpaired) electrons. The SMILES string of the molecule is CN(C)CCNc1nc(Nc2ccccc2C(F)(F)F)cc(-c2ccncc2)n1. The van der Waals surface area contributed by atoms with Gasteiger partial charge in [0.05, 0.1) is 16.9 Å². The molecule has 6 nitrogen and oxygen atoms in total. The van der Waals surface area contributed by atoms with Gasteiger partial charge in [0, 0.05) is 37.1 Å². The van der Waals surface area contributed by atoms with Gasteiger partial charge >= 0.3 is 6.18 Å². The van der Waals surface area contributed by atoms with E-state index < -0.39 is 11.7 Å². The van der Waals surface area contributed by atoms with E-state index in [2.05, 4.69) is 25.6 Å². The van der Waals surface area contributed by atoms with E-state index in [-0.39, 0.29) is 11.5 Å². The summed E-state index contributed by atoms with van der Waals surface area (Å²) in [6, 6.07) is 10.5. The lowest BCUT2D eigenvalue weighted by atomic mass is 10.1. The Hall–Kier alpha value is -3.20. The van der Waals surface area contributed by atoms with Crippen molar-refractivity contribution in [1.82, 2.24) is 19.9 Å². The largest absolute Gasteiger partial charge is 0.418 e. The van der Waals surface area contributed by atoms with Crippen molar-refractivity contribution in [2.75, 3.05) is 37.8 Å². The number of hydrogen-bond acceptors (Lipinski definition) is 6. The molecule has 0 fully saturated rings. The minimum Gasteiger partial charge on any atom is -0.353 e. The van der Waals surface area contributed by atoms with Gasteiger partial charge in [-0.1, -0.05) is 12.1 Å². The van der Waals surface area contributed by atoms with Crippen molar-refractivity contribution in [1.29, 1.82) is 0 Å². The fourth-order valence-corrected chi connectivity index (χ4v) is 2.63. The molecule has 3 rings (SSSR count). The average Bonchev–Trinajstić information content (AvgIpc) is 2.68. The Balaban J connectivity index is 1.95. The van der Waals surface area contributed by atoms with Crippen molar-refractivity contribution in [3.05, 3.63) is 60.4 Å². The number of para-hydroxylation sites is 1. The summed E-state index contributed by atoms with van der Waals surface area (Å²) in [5, 5.41) is 5.91. The Bertz CT molecular complexity index is 944. The highest BCUT2D eigenvalue weighted by molar-refractivity contribution is 5.68. The molecular weight excluding hydrogens is 381 g/mol. The fourth-order valence-electron chi connectivity index (χ4n) is 2.63. The molecule has 0 aliphatic rings. The van der Waals surface area contributed by atoms with Crippen LogP contribution in [-0.2, 0) is 6.18 Å². The van der Waals surface area contributed by atoms with Crippen molar-refractivity contribution >= 4 is 17.5 Å². The number of halogens is 3. The van der Waals surface area contributed by atoms with Crippen LogP contribution in [0.3, 0.4) is 0 Å². The summed E-state index contributed by atoms with van der Waals surface area (Å²) >= 11 is 0. The highest BCUT2D eigenvalue weighted by atomic mass is 19.4. The minimum atomic E-state index is -4.47. The summed E-state index contributed by atoms with van der Waals surface area (Å²) in [5.41, 5.74) is 0.525. The predicted octanol–water partition coefficient (Wildman–Crippen LogP) is 4.27. The van der Waals surface area contributed by atoms with Crippen molar-refractivity contribution in [2.45, 2.75) is 6.18 Å². The molecule has 2 aromatic heterocycles. The Kier molecular flexibility index (Phi) is 6.28. The Morgan fingerprint density at radius 1 is 1.00 bits per heavy atom. The van der Waals surface area contributed by atoms with Gasteiger partial charge in [-0.3, -0.25) is 4.98 Å². The van der Waals surface area contributed by atoms with Gasteiger partial charge in [0.1, 0.15) is 5.82 Å². The second-order valence-electron chi connectivity index (χ2n) is 6.60. The number of hydrogen-bond donors (Lipinski definition) is 2. The number of rotatable bonds is 7. The molecule has 0 atom stereocenters. The van der Waals surface area contributed by atoms with Gasteiger partial charge in [-0.15, -0.1) is 0 Å². The molecular formula is C20H21F3N6. The van der Waals surface area contributed by atoms with Gasteiger partial charge in [0.2, 0.25) is 5.95 Å². The third kappa shape index (κ3) is 5.64. The number of aromatic nitrogens is 3. The van der Waals surface area contributed by atoms with E-state index in [1.54, 1.807) is 36.7 Å². The molecule has 2 heterocycles. The van der Waals surface area contributed by atoms with Gasteiger partial charge in [-0.2, -0.15) is 18.2 Å². The van der Waals surface area contributed by atoms with Crippen molar-refractivity contribution < 1.29 is 13.2 Å². The molecule has 0 unspecified atom stereocenters. The summed E-state index contributed by atoms with van der Waals surface area (Å²) in [5.74, 6) is 0.587. The summed E-state index contributed by atoms with van der Waals surface area (Å²) in [6.45, 7) is 1.34. The number of likely N-dealkylation sites (N-methyl/N-ethyl adjacent to an activating group) is 1. The molecule has 0 saturated carbocycles. The minimum absolute atomic E-state index is 0.0707. The lowest BCUT2D eigenvalue weighted by Gasteiger charge is -2.16. The van der Waals surface area contributed by atoms with Gasteiger partial charge in [0.15, 0.2) is 0 Å². The summed E-state index contributed by atoms with van der Waals surface area (Å²) in [4.78, 5) is 14.8. The molecule has 0 spiro atoms. The van der Waals surface area contributed by atoms with E-state index in [9.17, 15) is 13.2 Å². The molecule has 0 aliphatic carbocycles. The van der Waals surface area contributed by atoms with E-state index in [0.717, 1.165) is 18.2 Å². The van der Waals surface area contributed by atoms with Crippen LogP contribution in [0.2, 0.25) is 0 Å². The molecule has 0 amide bonds. The molecule has 152 valence electrons. The second-order valence-corrected chi connectivity index (χ2v) is 6.60. The van der Waals surface area contributed by atoms with E-state index in [0.29, 0.717) is 18.2 Å². The van der Waals surface area contributed by atoms with Crippen LogP contribution in [0.15, 0.2) is 54.9 Å². The van der Waals surface area contributed by atoms with E-state index in [1.165, 1.54) is 12.1 Å². The van der Waals surface area contributed by atoms with Crippen LogP contribution in [-0.4, -0.2) is 47.0 Å². The monoisotopic (exact) mass is 402 g/mol. The summed E-state index contributed by atoms with van der Waals surface area (Å²) in [7, 11) is 3.88. The maximum Gasteiger partial charge on any atom is 0.418 e. The van der Waals surface area contributed by atoms with Crippen LogP contribution in [0.1, 0.15) is 5.56 Å². The lowest BCUT2D eigenvalue weighted by Crippen LogP contribution is -2.21. The highest BCUT2D eigenvalue weighted by Gasteiger charge is 2.33. The third-order valence-electron chi connectivity index (χ3n) is 4.04. The Morgan fingerprint density at radius 2 is 1.72 bits per heavy atom. The first-order valence-corrected chi connectivity index (χ1v) is 8.94. The standard InChI is InChI=1S/C20H21F3N6/c1-29(2)12-11-25-19-27-17(14-7-9-24-10-8-14)13-18(28-19)26-16-6-4-3-5-15(16)20(21,22)23/h3-10,13H,11-12H2,1-2H3,(H2,25,26,27,28). The molecule has 9 heteroatoms. The van der Waals surface area contributed by atoms with Crippen LogP contribution in [0.5, 0.6) is 0 Å². The van der Waals surface area contributed by atoms with Crippen LogP contribution >= 0.6 is 0 Å². The zero-order valence-electron chi connectivity index (χ0n) is 16.0. The number of anilines is 3. The average molecular weight is 402 g/mol. The quantitative estimate of drug-likeness (QED) is 0.615. The lowest BCUT2D eigenvalue weighted by molar-refractivity contribution is -0.136. The molecule has 2 N–H and O–H groups in total. The van der Waals surface area contributed by atoms with Crippen molar-refractivity contribution in [3.8, 4) is 11.3 Å². The second kappa shape index (κ2) is 8.87. The van der Waals surface area contributed by atoms with E-state index in [1.807, 2.05) is 19.0 Å². The molecule has 1 aromatic carbocycles. The number of pyridine rings is 1. The van der Waals surface area contributed by atoms with Crippen molar-refractivity contribution in [2.24, 2.45) is 0 Å². The molecule has 0 aliphatic heterocycles. The zero-order chi connectivity index (χ0) is 20.9. The fraction of sp³-hybridized carbons (Fsp3) is 0.250. The van der Waals surface area contributed by atoms with Crippen LogP contribution < -0.4 is 10.6 Å². The molecule has 29 heavy (non-hydrogen) atoms. The summed E-state index contributed by atoms with van der Waals surface area (Å²) in [6.07, 6.45) is -1.22. The first kappa shape index (κ1) is 20.5. The van der Waals surface area contributed by atoms with Crippen LogP contribution in [0.25, 0.3) is 11.3 Å². The normalized spacial score (nSPS) is 11.5. The third-order valence-corrected chi connectivity index (χ3v) is 4.04. The predicted molar refractivity (Wildman–Crippen MR) is 107 cm³/mol. The topological polar surface area (TPSA) is 66.0 Å². The van der Waals surface area contributed by atoms with Gasteiger partial charge in [0.25, 0.3) is 0 Å². The molecule has 0 bridgehead atoms. The highest BCUT2D eigenvalue weighted by Crippen LogP contribution is 2.36. The summed E-state index contributed by atoms with van der Waals surface area (Å²) < 4.78 is 40.0. The molecule has 0 saturated heterocycles. The Labute approximate surface area is 166 Å². The number of alkyl halides is 3. The first-order chi connectivity index (χ1) is 13.8. The molecule has 3 aromatic rings. The van der Waals surface area contributed by atoms with Gasteiger partial charge < -0.3 is 15.5 Å². The van der Waals surface area contributed by atoms with Crippen molar-refractivity contribution in [3.63, 3.8) is 0 Å². The first-order valence-electron chi connectivity index (χ1n) is 8.94. The number of nitrogens with one attached hydrogen (secondary N) is 2. The smallest absolute Gasteiger partial charge is 0.353 e. The van der Waals surface area contributed by atoms with E-state index >= 15 is 0 Å². The maximum absolute atomic E-state index is 13.3. The number of nitrogens with zero attached hydrogens (tertiary/aromatic N) is 4. The maximum atomic E-state index is 13.3. The number of benzene rings is 1. The van der Waals surface area contributed by atoms with Crippen LogP contribution in [0.4, 0.5) is 30.6 Å². The Morgan fingerprint density at radius 3 is 2.41 bits per heavy atom. The van der Waals surface area contributed by atoms with Gasteiger partial charge in [-0.05, 0) is 38.4 Å². The van der Waals surface area contributed by atoms with E-state index in [4.69, 9.17) is 0 Å².